The molecule has 0 aliphatic carbocycles. The SMILES string of the molecule is CCC(C)(CC)CCNS(=O)(=O)c1c(C)cc(C)c(-c2c3nc(c(-c4c(C)cc(C)c(S(=O)(=O)NCCC(C)(CC)CC)c4C)c4ccc([n-]4)c(-c4c(C)cc(C)c(S(=O)(=O)NCCC(C)(CC)CC)c4C)c4nc(c(-c5c(C)cc(C)c(S(=O)(=O)NCCC(C)(CC)CC)c5C)c5ccc2[cH-]5)C=C4)C=C3)c1C.[Fe+2]. The van der Waals surface area contributed by atoms with Crippen LogP contribution in [0, 0.1) is 105 Å². The number of sulfonamides is 4. The van der Waals surface area contributed by atoms with Gasteiger partial charge in [-0.05, 0) is 244 Å². The molecule has 4 N–H and O–H groups in total. The number of fused-ring (bicyclic) bond motifs is 8. The first-order valence-electron chi connectivity index (χ1n) is 39.2. The molecular formula is C89H121FeN7O8S4. The molecule has 2 aliphatic rings. The predicted octanol–water partition coefficient (Wildman–Crippen LogP) is 21.0. The number of rotatable bonds is 32. The Morgan fingerprint density at radius 3 is 0.752 bits per heavy atom. The molecule has 7 aromatic rings. The van der Waals surface area contributed by atoms with Gasteiger partial charge in [0.05, 0.1) is 31.0 Å². The molecule has 0 spiro atoms. The average molecular weight is 1600 g/mol. The smallest absolute Gasteiger partial charge is 0.657 e. The third-order valence-corrected chi connectivity index (χ3v) is 32.4. The van der Waals surface area contributed by atoms with E-state index < -0.39 is 40.1 Å². The number of benzene rings is 4. The standard InChI is InChI=1S/C89H121N7O8S4.Fe/c1-25-86(21,26-2)41-45-90-105(97,98)82-58(13)49-54(9)74(62(82)17)78-66-33-34-67(53-66)79(75-55(10)50-59(14)83(63(75)18)106(99,100)91-46-42-87(22,27-3)28-4)69-36-38-71(95-69)81(77-57(12)52-61(16)85(65(77)20)108(103,104)93-48-44-89(24,31-7)32-8)73-40-39-72(96-73)80(70-37-35-68(78)94-70)76-56(11)51-60(15)84(64(76)19)107(101,102)92-47-43-88(23,29-5)30-6;/h33-40,49-53,90-93H,25-32,41-48H2,1-24H3;/q-2;+2. The molecule has 5 aromatic carbocycles. The summed E-state index contributed by atoms with van der Waals surface area (Å²) in [6.45, 7) is 49.4. The van der Waals surface area contributed by atoms with Crippen molar-refractivity contribution in [3.8, 4) is 44.5 Å². The van der Waals surface area contributed by atoms with Gasteiger partial charge in [-0.15, -0.1) is 27.9 Å². The number of aryl methyl sites for hydroxylation is 8. The quantitative estimate of drug-likeness (QED) is 0.0229. The minimum Gasteiger partial charge on any atom is -0.657 e. The molecule has 15 nitrogen and oxygen atoms in total. The average Bonchev–Trinajstić information content (AvgIpc) is 1.74. The van der Waals surface area contributed by atoms with Crippen molar-refractivity contribution in [2.75, 3.05) is 26.2 Å². The van der Waals surface area contributed by atoms with Crippen LogP contribution >= 0.6 is 0 Å². The summed E-state index contributed by atoms with van der Waals surface area (Å²) in [6.07, 6.45) is 17.4. The number of aromatic nitrogens is 3. The van der Waals surface area contributed by atoms with Crippen LogP contribution in [0.1, 0.15) is 250 Å². The number of nitrogens with one attached hydrogen (secondary N) is 4. The van der Waals surface area contributed by atoms with Crippen molar-refractivity contribution in [2.24, 2.45) is 21.7 Å². The first-order chi connectivity index (χ1) is 50.5. The Labute approximate surface area is 665 Å². The van der Waals surface area contributed by atoms with Gasteiger partial charge in [0.2, 0.25) is 40.1 Å². The second-order valence-electron chi connectivity index (χ2n) is 32.6. The first-order valence-corrected chi connectivity index (χ1v) is 45.1. The summed E-state index contributed by atoms with van der Waals surface area (Å²) >= 11 is 0. The molecule has 0 atom stereocenters. The van der Waals surface area contributed by atoms with Crippen LogP contribution in [0.25, 0.3) is 90.6 Å². The van der Waals surface area contributed by atoms with Crippen LogP contribution in [-0.4, -0.2) is 69.8 Å². The monoisotopic (exact) mass is 1600 g/mol. The van der Waals surface area contributed by atoms with Crippen molar-refractivity contribution < 1.29 is 50.7 Å². The Kier molecular flexibility index (Phi) is 27.7. The zero-order chi connectivity index (χ0) is 79.9. The molecule has 0 amide bonds. The zero-order valence-corrected chi connectivity index (χ0v) is 73.8. The molecule has 0 unspecified atom stereocenters. The Morgan fingerprint density at radius 1 is 0.321 bits per heavy atom. The van der Waals surface area contributed by atoms with Crippen molar-refractivity contribution in [3.63, 3.8) is 0 Å². The topological polar surface area (TPSA) is 225 Å². The van der Waals surface area contributed by atoms with E-state index in [-0.39, 0.29) is 84.5 Å². The molecular weight excluding hydrogens is 1480 g/mol. The first kappa shape index (κ1) is 88.3. The third-order valence-electron chi connectivity index (χ3n) is 25.4. The van der Waals surface area contributed by atoms with Gasteiger partial charge in [-0.2, -0.15) is 12.1 Å². The van der Waals surface area contributed by atoms with E-state index in [9.17, 15) is 0 Å². The van der Waals surface area contributed by atoms with Gasteiger partial charge >= 0.3 is 17.1 Å². The van der Waals surface area contributed by atoms with E-state index in [0.717, 1.165) is 73.6 Å². The van der Waals surface area contributed by atoms with Crippen molar-refractivity contribution >= 4 is 86.2 Å². The maximum absolute atomic E-state index is 15.2. The normalized spacial score (nSPS) is 13.3. The molecule has 0 fully saturated rings. The molecule has 20 heteroatoms. The molecule has 9 rings (SSSR count). The van der Waals surface area contributed by atoms with E-state index in [1.54, 1.807) is 0 Å². The minimum absolute atomic E-state index is 0. The summed E-state index contributed by atoms with van der Waals surface area (Å²) in [7, 11) is -16.6. The van der Waals surface area contributed by atoms with Crippen LogP contribution in [0.15, 0.2) is 74.2 Å². The molecule has 2 aliphatic heterocycles. The van der Waals surface area contributed by atoms with E-state index in [0.29, 0.717) is 159 Å². The fourth-order valence-electron chi connectivity index (χ4n) is 16.8. The summed E-state index contributed by atoms with van der Waals surface area (Å²) in [5.41, 5.74) is 14.8. The van der Waals surface area contributed by atoms with E-state index in [4.69, 9.17) is 15.0 Å². The Balaban J connectivity index is 0.0000150. The summed E-state index contributed by atoms with van der Waals surface area (Å²) in [4.78, 5) is 17.7. The van der Waals surface area contributed by atoms with Gasteiger partial charge in [0.25, 0.3) is 0 Å². The minimum atomic E-state index is -4.15. The van der Waals surface area contributed by atoms with Gasteiger partial charge in [-0.1, -0.05) is 193 Å². The van der Waals surface area contributed by atoms with Crippen molar-refractivity contribution in [3.05, 3.63) is 144 Å². The molecule has 0 saturated carbocycles. The number of hydrogen-bond donors (Lipinski definition) is 4. The zero-order valence-electron chi connectivity index (χ0n) is 69.4. The molecule has 109 heavy (non-hydrogen) atoms. The maximum atomic E-state index is 15.2. The summed E-state index contributed by atoms with van der Waals surface area (Å²) in [5, 5.41) is 1.36. The summed E-state index contributed by atoms with van der Waals surface area (Å²) < 4.78 is 133. The van der Waals surface area contributed by atoms with Crippen LogP contribution in [0.3, 0.4) is 0 Å². The maximum Gasteiger partial charge on any atom is 2.00 e. The van der Waals surface area contributed by atoms with E-state index in [1.807, 2.05) is 156 Å². The van der Waals surface area contributed by atoms with Crippen molar-refractivity contribution in [1.29, 1.82) is 0 Å². The van der Waals surface area contributed by atoms with E-state index >= 15 is 33.7 Å². The van der Waals surface area contributed by atoms with Crippen LogP contribution in [-0.2, 0) is 57.2 Å². The van der Waals surface area contributed by atoms with Crippen LogP contribution in [0.4, 0.5) is 0 Å². The number of hydrogen-bond acceptors (Lipinski definition) is 10. The summed E-state index contributed by atoms with van der Waals surface area (Å²) in [5.74, 6) is 0. The molecule has 0 radical (unpaired) electrons. The van der Waals surface area contributed by atoms with Crippen LogP contribution in [0.2, 0.25) is 0 Å². The van der Waals surface area contributed by atoms with Crippen LogP contribution < -0.4 is 23.9 Å². The van der Waals surface area contributed by atoms with Gasteiger partial charge in [0.15, 0.2) is 0 Å². The molecule has 0 saturated heterocycles. The summed E-state index contributed by atoms with van der Waals surface area (Å²) in [6, 6.07) is 17.6. The predicted molar refractivity (Wildman–Crippen MR) is 452 cm³/mol. The van der Waals surface area contributed by atoms with Gasteiger partial charge in [-0.3, -0.25) is 9.97 Å². The Bertz CT molecular complexity index is 4730. The van der Waals surface area contributed by atoms with E-state index in [2.05, 4.69) is 108 Å². The van der Waals surface area contributed by atoms with Crippen molar-refractivity contribution in [1.82, 2.24) is 33.8 Å². The van der Waals surface area contributed by atoms with Crippen LogP contribution in [0.5, 0.6) is 0 Å². The van der Waals surface area contributed by atoms with Gasteiger partial charge < -0.3 is 4.98 Å². The van der Waals surface area contributed by atoms with Gasteiger partial charge in [0.1, 0.15) is 0 Å². The van der Waals surface area contributed by atoms with Gasteiger partial charge in [0, 0.05) is 37.6 Å². The largest absolute Gasteiger partial charge is 2.00 e. The fraction of sp³-hybridized carbons (Fsp3) is 0.494. The van der Waals surface area contributed by atoms with E-state index in [1.165, 1.54) is 0 Å². The second-order valence-corrected chi connectivity index (χ2v) is 39.4. The van der Waals surface area contributed by atoms with Gasteiger partial charge in [-0.25, -0.2) is 52.6 Å². The Morgan fingerprint density at radius 2 is 0.532 bits per heavy atom. The third kappa shape index (κ3) is 17.9. The molecule has 8 bridgehead atoms. The molecule has 4 heterocycles. The molecule has 592 valence electrons. The Hall–Kier alpha value is -6.29. The fourth-order valence-corrected chi connectivity index (χ4v) is 22.8. The molecule has 2 aromatic heterocycles. The second kappa shape index (κ2) is 34.2. The van der Waals surface area contributed by atoms with Crippen molar-refractivity contribution in [2.45, 2.75) is 263 Å². The number of nitrogens with zero attached hydrogens (tertiary/aromatic N) is 3.